The van der Waals surface area contributed by atoms with Crippen molar-refractivity contribution in [3.63, 3.8) is 0 Å². The van der Waals surface area contributed by atoms with Gasteiger partial charge in [-0.2, -0.15) is 0 Å². The molecule has 1 heteroatoms. The smallest absolute Gasteiger partial charge is 0.0132 e. The second kappa shape index (κ2) is 6.64. The number of hydrogen-bond acceptors (Lipinski definition) is 0. The van der Waals surface area contributed by atoms with Crippen molar-refractivity contribution in [3.05, 3.63) is 58.7 Å². The van der Waals surface area contributed by atoms with Crippen LogP contribution in [0.2, 0.25) is 0 Å². The first-order valence-electron chi connectivity index (χ1n) is 8.86. The van der Waals surface area contributed by atoms with Crippen LogP contribution >= 0.6 is 7.92 Å². The molecule has 0 spiro atoms. The third-order valence-electron chi connectivity index (χ3n) is 4.63. The zero-order valence-corrected chi connectivity index (χ0v) is 17.8. The van der Waals surface area contributed by atoms with Crippen LogP contribution in [0.4, 0.5) is 0 Å². The Hall–Kier alpha value is -1.13. The molecule has 0 aliphatic heterocycles. The van der Waals surface area contributed by atoms with Crippen LogP contribution in [0.3, 0.4) is 0 Å². The lowest BCUT2D eigenvalue weighted by Gasteiger charge is -2.25. The monoisotopic (exact) mass is 340 g/mol. The molecule has 0 N–H and O–H groups in total. The first kappa shape index (κ1) is 19.2. The van der Waals surface area contributed by atoms with Crippen molar-refractivity contribution in [1.82, 2.24) is 0 Å². The van der Waals surface area contributed by atoms with Crippen molar-refractivity contribution in [1.29, 1.82) is 0 Å². The van der Waals surface area contributed by atoms with E-state index in [0.29, 0.717) is 0 Å². The van der Waals surface area contributed by atoms with Gasteiger partial charge in [-0.3, -0.25) is 0 Å². The largest absolute Gasteiger partial charge is 0.0561 e. The molecule has 0 saturated carbocycles. The van der Waals surface area contributed by atoms with Gasteiger partial charge in [0.25, 0.3) is 0 Å². The van der Waals surface area contributed by atoms with Crippen molar-refractivity contribution in [2.75, 3.05) is 6.66 Å². The predicted octanol–water partition coefficient (Wildman–Crippen LogP) is 5.96. The van der Waals surface area contributed by atoms with Crippen LogP contribution in [-0.4, -0.2) is 6.66 Å². The lowest BCUT2D eigenvalue weighted by atomic mass is 9.86. The zero-order chi connectivity index (χ0) is 18.3. The molecule has 0 atom stereocenters. The molecule has 0 saturated heterocycles. The minimum Gasteiger partial charge on any atom is -0.0561 e. The quantitative estimate of drug-likeness (QED) is 0.592. The van der Waals surface area contributed by atoms with E-state index in [2.05, 4.69) is 98.5 Å². The van der Waals surface area contributed by atoms with Crippen molar-refractivity contribution in [2.24, 2.45) is 0 Å². The van der Waals surface area contributed by atoms with Crippen molar-refractivity contribution >= 4 is 18.5 Å². The molecular weight excluding hydrogens is 307 g/mol. The molecule has 0 fully saturated rings. The predicted molar refractivity (Wildman–Crippen MR) is 112 cm³/mol. The average molecular weight is 340 g/mol. The fourth-order valence-corrected chi connectivity index (χ4v) is 4.69. The summed E-state index contributed by atoms with van der Waals surface area (Å²) in [7, 11) is -0.330. The van der Waals surface area contributed by atoms with Crippen molar-refractivity contribution in [3.8, 4) is 0 Å². The van der Waals surface area contributed by atoms with E-state index in [9.17, 15) is 0 Å². The van der Waals surface area contributed by atoms with Gasteiger partial charge in [-0.15, -0.1) is 0 Å². The van der Waals surface area contributed by atoms with E-state index in [4.69, 9.17) is 0 Å². The van der Waals surface area contributed by atoms with Gasteiger partial charge in [0, 0.05) is 0 Å². The van der Waals surface area contributed by atoms with E-state index < -0.39 is 0 Å². The second-order valence-corrected chi connectivity index (χ2v) is 11.3. The summed E-state index contributed by atoms with van der Waals surface area (Å²) in [5, 5.41) is 2.97. The molecule has 0 aromatic heterocycles. The first-order chi connectivity index (χ1) is 10.9. The highest BCUT2D eigenvalue weighted by atomic mass is 31.1. The van der Waals surface area contributed by atoms with Crippen LogP contribution in [0, 0.1) is 13.8 Å². The highest BCUT2D eigenvalue weighted by Crippen LogP contribution is 2.34. The maximum atomic E-state index is 2.43. The second-order valence-electron chi connectivity index (χ2n) is 9.17. The van der Waals surface area contributed by atoms with Gasteiger partial charge in [0.15, 0.2) is 0 Å². The molecule has 24 heavy (non-hydrogen) atoms. The number of benzene rings is 2. The van der Waals surface area contributed by atoms with Gasteiger partial charge in [0.05, 0.1) is 0 Å². The SMILES string of the molecule is Cc1cc(P(C)c2cc(C)cc(C(C)(C)C)c2)cc(C(C)(C)C)c1. The van der Waals surface area contributed by atoms with Crippen LogP contribution in [-0.2, 0) is 10.8 Å². The molecule has 0 aliphatic carbocycles. The molecule has 2 rings (SSSR count). The number of aryl methyl sites for hydroxylation is 2. The average Bonchev–Trinajstić information content (AvgIpc) is 2.43. The molecule has 0 aliphatic rings. The van der Waals surface area contributed by atoms with Gasteiger partial charge in [-0.25, -0.2) is 0 Å². The number of rotatable bonds is 2. The van der Waals surface area contributed by atoms with Gasteiger partial charge in [0.2, 0.25) is 0 Å². The van der Waals surface area contributed by atoms with Gasteiger partial charge in [0.1, 0.15) is 0 Å². The molecule has 0 heterocycles. The fourth-order valence-electron chi connectivity index (χ4n) is 2.93. The fraction of sp³-hybridized carbons (Fsp3) is 0.478. The normalized spacial score (nSPS) is 12.8. The zero-order valence-electron chi connectivity index (χ0n) is 16.9. The molecule has 0 unspecified atom stereocenters. The first-order valence-corrected chi connectivity index (χ1v) is 10.6. The Bertz CT molecular complexity index is 663. The summed E-state index contributed by atoms with van der Waals surface area (Å²) in [5.41, 5.74) is 6.01. The summed E-state index contributed by atoms with van der Waals surface area (Å²) < 4.78 is 0. The maximum absolute atomic E-state index is 2.43. The molecule has 2 aromatic rings. The van der Waals surface area contributed by atoms with Crippen LogP contribution in [0.25, 0.3) is 0 Å². The Kier molecular flexibility index (Phi) is 5.31. The van der Waals surface area contributed by atoms with Crippen LogP contribution < -0.4 is 10.6 Å². The van der Waals surface area contributed by atoms with E-state index in [0.717, 1.165) is 0 Å². The van der Waals surface area contributed by atoms with Gasteiger partial charge < -0.3 is 0 Å². The molecule has 0 amide bonds. The molecule has 130 valence electrons. The lowest BCUT2D eigenvalue weighted by Crippen LogP contribution is -2.20. The Morgan fingerprint density at radius 3 is 1.21 bits per heavy atom. The third-order valence-corrected chi connectivity index (χ3v) is 6.70. The minimum atomic E-state index is -0.330. The topological polar surface area (TPSA) is 0 Å². The number of hydrogen-bond donors (Lipinski definition) is 0. The van der Waals surface area contributed by atoms with Gasteiger partial charge in [-0.1, -0.05) is 89.1 Å². The van der Waals surface area contributed by atoms with E-state index in [1.54, 1.807) is 0 Å². The summed E-state index contributed by atoms with van der Waals surface area (Å²) in [4.78, 5) is 0. The van der Waals surface area contributed by atoms with Crippen LogP contribution in [0.5, 0.6) is 0 Å². The standard InChI is InChI=1S/C23H33P/c1-16-10-18(22(3,4)5)14-20(12-16)24(9)21-13-17(2)11-19(15-21)23(6,7)8/h10-15H,1-9H3. The Labute approximate surface area is 150 Å². The summed E-state index contributed by atoms with van der Waals surface area (Å²) >= 11 is 0. The van der Waals surface area contributed by atoms with Crippen LogP contribution in [0.1, 0.15) is 63.8 Å². The van der Waals surface area contributed by atoms with E-state index in [1.807, 2.05) is 0 Å². The molecular formula is C23H33P. The summed E-state index contributed by atoms with van der Waals surface area (Å²) in [6.07, 6.45) is 0. The van der Waals surface area contributed by atoms with Crippen LogP contribution in [0.15, 0.2) is 36.4 Å². The van der Waals surface area contributed by atoms with Crippen molar-refractivity contribution < 1.29 is 0 Å². The molecule has 0 bridgehead atoms. The highest BCUT2D eigenvalue weighted by molar-refractivity contribution is 7.72. The van der Waals surface area contributed by atoms with E-state index in [1.165, 1.54) is 32.9 Å². The van der Waals surface area contributed by atoms with E-state index >= 15 is 0 Å². The Morgan fingerprint density at radius 1 is 0.583 bits per heavy atom. The lowest BCUT2D eigenvalue weighted by molar-refractivity contribution is 0.590. The minimum absolute atomic E-state index is 0.195. The van der Waals surface area contributed by atoms with Gasteiger partial charge in [-0.05, 0) is 61.0 Å². The molecule has 0 nitrogen and oxygen atoms in total. The molecule has 0 radical (unpaired) electrons. The Morgan fingerprint density at radius 2 is 0.917 bits per heavy atom. The summed E-state index contributed by atoms with van der Waals surface area (Å²) in [6.45, 7) is 20.6. The molecule has 2 aromatic carbocycles. The Balaban J connectivity index is 2.51. The van der Waals surface area contributed by atoms with Crippen molar-refractivity contribution in [2.45, 2.75) is 66.2 Å². The highest BCUT2D eigenvalue weighted by Gasteiger charge is 2.19. The van der Waals surface area contributed by atoms with Gasteiger partial charge >= 0.3 is 0 Å². The summed E-state index contributed by atoms with van der Waals surface area (Å²) in [6, 6.07) is 14.3. The summed E-state index contributed by atoms with van der Waals surface area (Å²) in [5.74, 6) is 0. The van der Waals surface area contributed by atoms with E-state index in [-0.39, 0.29) is 18.8 Å². The maximum Gasteiger partial charge on any atom is -0.0132 e. The third kappa shape index (κ3) is 4.48.